The van der Waals surface area contributed by atoms with Crippen LogP contribution in [0.25, 0.3) is 0 Å². The predicted molar refractivity (Wildman–Crippen MR) is 45.5 cm³/mol. The topological polar surface area (TPSA) is 37.3 Å². The Labute approximate surface area is 67.9 Å². The first kappa shape index (κ1) is 10.2. The summed E-state index contributed by atoms with van der Waals surface area (Å²) in [7, 11) is 0. The van der Waals surface area contributed by atoms with E-state index in [0.717, 1.165) is 19.3 Å². The van der Waals surface area contributed by atoms with Gasteiger partial charge in [0.25, 0.3) is 0 Å². The molecule has 0 unspecified atom stereocenters. The van der Waals surface area contributed by atoms with Crippen LogP contribution in [-0.4, -0.2) is 11.1 Å². The number of carboxylic acids is 1. The van der Waals surface area contributed by atoms with Crippen LogP contribution in [0.15, 0.2) is 12.7 Å². The minimum atomic E-state index is -0.696. The first-order chi connectivity index (χ1) is 5.22. The summed E-state index contributed by atoms with van der Waals surface area (Å²) in [6, 6.07) is 0. The van der Waals surface area contributed by atoms with E-state index in [-0.39, 0.29) is 5.92 Å². The first-order valence-electron chi connectivity index (χ1n) is 4.06. The molecule has 0 aliphatic rings. The predicted octanol–water partition coefficient (Wildman–Crippen LogP) is 2.45. The largest absolute Gasteiger partial charge is 0.481 e. The zero-order valence-electron chi connectivity index (χ0n) is 7.05. The summed E-state index contributed by atoms with van der Waals surface area (Å²) in [5, 5.41) is 8.68. The van der Waals surface area contributed by atoms with Crippen molar-refractivity contribution in [2.45, 2.75) is 32.6 Å². The smallest absolute Gasteiger partial charge is 0.306 e. The molecule has 0 fully saturated rings. The summed E-state index contributed by atoms with van der Waals surface area (Å²) in [6.45, 7) is 5.59. The van der Waals surface area contributed by atoms with Crippen LogP contribution < -0.4 is 0 Å². The zero-order valence-corrected chi connectivity index (χ0v) is 7.05. The summed E-state index contributed by atoms with van der Waals surface area (Å²) < 4.78 is 0. The van der Waals surface area contributed by atoms with Gasteiger partial charge in [0.1, 0.15) is 0 Å². The molecular weight excluding hydrogens is 140 g/mol. The van der Waals surface area contributed by atoms with Crippen LogP contribution in [0.2, 0.25) is 0 Å². The maximum absolute atomic E-state index is 10.5. The molecule has 0 heterocycles. The van der Waals surface area contributed by atoms with Gasteiger partial charge >= 0.3 is 5.97 Å². The van der Waals surface area contributed by atoms with Crippen LogP contribution in [0, 0.1) is 5.92 Å². The molecule has 1 N–H and O–H groups in total. The van der Waals surface area contributed by atoms with Crippen molar-refractivity contribution in [1.82, 2.24) is 0 Å². The summed E-state index contributed by atoms with van der Waals surface area (Å²) in [6.07, 6.45) is 5.09. The van der Waals surface area contributed by atoms with Gasteiger partial charge in [0.15, 0.2) is 0 Å². The summed E-state index contributed by atoms with van der Waals surface area (Å²) in [5.41, 5.74) is 0. The van der Waals surface area contributed by atoms with E-state index in [9.17, 15) is 4.79 Å². The van der Waals surface area contributed by atoms with Gasteiger partial charge < -0.3 is 5.11 Å². The Morgan fingerprint density at radius 2 is 2.36 bits per heavy atom. The Hall–Kier alpha value is -0.790. The van der Waals surface area contributed by atoms with Gasteiger partial charge in [-0.2, -0.15) is 0 Å². The third kappa shape index (κ3) is 4.59. The molecule has 0 aromatic rings. The highest BCUT2D eigenvalue weighted by Crippen LogP contribution is 2.12. The molecule has 0 saturated carbocycles. The van der Waals surface area contributed by atoms with Gasteiger partial charge in [-0.05, 0) is 12.8 Å². The highest BCUT2D eigenvalue weighted by atomic mass is 16.4. The summed E-state index contributed by atoms with van der Waals surface area (Å²) in [4.78, 5) is 10.5. The van der Waals surface area contributed by atoms with Crippen molar-refractivity contribution in [2.75, 3.05) is 0 Å². The van der Waals surface area contributed by atoms with Crippen LogP contribution >= 0.6 is 0 Å². The molecule has 0 spiro atoms. The standard InChI is InChI=1S/C9H16O2/c1-3-5-7-8(6-4-2)9(10)11/h4,8H,2-3,5-7H2,1H3,(H,10,11)/t8-/m0/s1. The number of hydrogen-bond acceptors (Lipinski definition) is 1. The number of carbonyl (C=O) groups is 1. The van der Waals surface area contributed by atoms with Crippen molar-refractivity contribution in [2.24, 2.45) is 5.92 Å². The molecule has 11 heavy (non-hydrogen) atoms. The van der Waals surface area contributed by atoms with Crippen molar-refractivity contribution in [3.8, 4) is 0 Å². The molecule has 2 heteroatoms. The molecule has 0 rings (SSSR count). The zero-order chi connectivity index (χ0) is 8.69. The van der Waals surface area contributed by atoms with E-state index in [1.54, 1.807) is 6.08 Å². The fraction of sp³-hybridized carbons (Fsp3) is 0.667. The lowest BCUT2D eigenvalue weighted by Gasteiger charge is -2.07. The number of allylic oxidation sites excluding steroid dienone is 1. The average Bonchev–Trinajstić information content (AvgIpc) is 1.97. The third-order valence-corrected chi connectivity index (χ3v) is 1.71. The summed E-state index contributed by atoms with van der Waals surface area (Å²) >= 11 is 0. The molecule has 1 atom stereocenters. The van der Waals surface area contributed by atoms with E-state index in [0.29, 0.717) is 6.42 Å². The van der Waals surface area contributed by atoms with E-state index in [1.807, 2.05) is 0 Å². The SMILES string of the molecule is C=CC[C@@H](CCCC)C(=O)O. The molecule has 0 aromatic heterocycles. The fourth-order valence-electron chi connectivity index (χ4n) is 0.994. The van der Waals surface area contributed by atoms with Gasteiger partial charge in [-0.25, -0.2) is 0 Å². The number of rotatable bonds is 6. The molecule has 64 valence electrons. The number of carboxylic acid groups (broad SMARTS) is 1. The monoisotopic (exact) mass is 156 g/mol. The first-order valence-corrected chi connectivity index (χ1v) is 4.06. The molecule has 0 aliphatic heterocycles. The Bertz CT molecular complexity index is 130. The minimum absolute atomic E-state index is 0.215. The van der Waals surface area contributed by atoms with Crippen molar-refractivity contribution >= 4 is 5.97 Å². The van der Waals surface area contributed by atoms with Crippen LogP contribution in [0.4, 0.5) is 0 Å². The highest BCUT2D eigenvalue weighted by molar-refractivity contribution is 5.70. The molecule has 0 bridgehead atoms. The molecular formula is C9H16O2. The van der Waals surface area contributed by atoms with E-state index in [1.165, 1.54) is 0 Å². The van der Waals surface area contributed by atoms with Crippen LogP contribution in [-0.2, 0) is 4.79 Å². The second-order valence-electron chi connectivity index (χ2n) is 2.70. The van der Waals surface area contributed by atoms with Gasteiger partial charge in [0.2, 0.25) is 0 Å². The van der Waals surface area contributed by atoms with Crippen LogP contribution in [0.5, 0.6) is 0 Å². The lowest BCUT2D eigenvalue weighted by Crippen LogP contribution is -2.12. The Balaban J connectivity index is 3.69. The highest BCUT2D eigenvalue weighted by Gasteiger charge is 2.13. The van der Waals surface area contributed by atoms with Gasteiger partial charge in [-0.15, -0.1) is 6.58 Å². The van der Waals surface area contributed by atoms with E-state index in [2.05, 4.69) is 13.5 Å². The lowest BCUT2D eigenvalue weighted by molar-refractivity contribution is -0.141. The van der Waals surface area contributed by atoms with Gasteiger partial charge in [0.05, 0.1) is 5.92 Å². The van der Waals surface area contributed by atoms with Crippen molar-refractivity contribution in [1.29, 1.82) is 0 Å². The molecule has 0 saturated heterocycles. The number of aliphatic carboxylic acids is 1. The van der Waals surface area contributed by atoms with Crippen molar-refractivity contribution in [3.05, 3.63) is 12.7 Å². The Kier molecular flexibility index (Phi) is 5.53. The molecule has 0 aliphatic carbocycles. The molecule has 0 amide bonds. The van der Waals surface area contributed by atoms with Gasteiger partial charge in [-0.3, -0.25) is 4.79 Å². The van der Waals surface area contributed by atoms with E-state index < -0.39 is 5.97 Å². The van der Waals surface area contributed by atoms with Crippen molar-refractivity contribution in [3.63, 3.8) is 0 Å². The Morgan fingerprint density at radius 1 is 1.73 bits per heavy atom. The van der Waals surface area contributed by atoms with Crippen molar-refractivity contribution < 1.29 is 9.90 Å². The normalized spacial score (nSPS) is 12.5. The maximum atomic E-state index is 10.5. The number of unbranched alkanes of at least 4 members (excludes halogenated alkanes) is 1. The quantitative estimate of drug-likeness (QED) is 0.600. The van der Waals surface area contributed by atoms with Crippen LogP contribution in [0.3, 0.4) is 0 Å². The minimum Gasteiger partial charge on any atom is -0.481 e. The average molecular weight is 156 g/mol. The Morgan fingerprint density at radius 3 is 2.73 bits per heavy atom. The van der Waals surface area contributed by atoms with E-state index >= 15 is 0 Å². The molecule has 0 aromatic carbocycles. The molecule has 2 nitrogen and oxygen atoms in total. The van der Waals surface area contributed by atoms with Gasteiger partial charge in [-0.1, -0.05) is 25.8 Å². The molecule has 0 radical (unpaired) electrons. The van der Waals surface area contributed by atoms with Gasteiger partial charge in [0, 0.05) is 0 Å². The lowest BCUT2D eigenvalue weighted by atomic mass is 9.99. The van der Waals surface area contributed by atoms with Crippen LogP contribution in [0.1, 0.15) is 32.6 Å². The second-order valence-corrected chi connectivity index (χ2v) is 2.70. The van der Waals surface area contributed by atoms with E-state index in [4.69, 9.17) is 5.11 Å². The number of hydrogen-bond donors (Lipinski definition) is 1. The second kappa shape index (κ2) is 5.96. The maximum Gasteiger partial charge on any atom is 0.306 e. The fourth-order valence-corrected chi connectivity index (χ4v) is 0.994. The summed E-state index contributed by atoms with van der Waals surface area (Å²) in [5.74, 6) is -0.911. The third-order valence-electron chi connectivity index (χ3n) is 1.71.